The minimum absolute atomic E-state index is 0.246. The Hall–Kier alpha value is -2.46. The fourth-order valence-corrected chi connectivity index (χ4v) is 3.75. The molecule has 0 radical (unpaired) electrons. The van der Waals surface area contributed by atoms with Gasteiger partial charge in [-0.15, -0.1) is 15.3 Å². The van der Waals surface area contributed by atoms with Crippen molar-refractivity contribution in [2.75, 3.05) is 18.2 Å². The van der Waals surface area contributed by atoms with Gasteiger partial charge < -0.3 is 4.74 Å². The smallest absolute Gasteiger partial charge is 0.279 e. The van der Waals surface area contributed by atoms with Crippen molar-refractivity contribution >= 4 is 34.1 Å². The van der Waals surface area contributed by atoms with E-state index in [1.165, 1.54) is 11.3 Å². The van der Waals surface area contributed by atoms with Gasteiger partial charge in [0.15, 0.2) is 10.0 Å². The third-order valence-electron chi connectivity index (χ3n) is 3.32. The van der Waals surface area contributed by atoms with Gasteiger partial charge >= 0.3 is 0 Å². The fourth-order valence-electron chi connectivity index (χ4n) is 2.11. The second-order valence-electron chi connectivity index (χ2n) is 4.89. The molecule has 8 nitrogen and oxygen atoms in total. The lowest BCUT2D eigenvalue weighted by atomic mass is 10.2. The van der Waals surface area contributed by atoms with Gasteiger partial charge in [-0.25, -0.2) is 4.68 Å². The van der Waals surface area contributed by atoms with Crippen LogP contribution in [-0.2, 0) is 0 Å². The number of nitrogens with one attached hydrogen (secondary N) is 1. The van der Waals surface area contributed by atoms with Crippen LogP contribution in [0.5, 0.6) is 5.75 Å². The molecule has 0 bridgehead atoms. The molecular weight excluding hydrogens is 360 g/mol. The van der Waals surface area contributed by atoms with Gasteiger partial charge in [-0.1, -0.05) is 35.2 Å². The maximum atomic E-state index is 12.4. The van der Waals surface area contributed by atoms with E-state index in [1.807, 2.05) is 31.2 Å². The number of thioether (sulfide) groups is 1. The van der Waals surface area contributed by atoms with Crippen LogP contribution in [0, 0.1) is 6.92 Å². The molecule has 0 spiro atoms. The molecule has 1 N–H and O–H groups in total. The highest BCUT2D eigenvalue weighted by atomic mass is 32.2. The van der Waals surface area contributed by atoms with Gasteiger partial charge in [0.25, 0.3) is 5.91 Å². The van der Waals surface area contributed by atoms with E-state index < -0.39 is 0 Å². The van der Waals surface area contributed by atoms with Crippen LogP contribution in [0.3, 0.4) is 0 Å². The zero-order chi connectivity index (χ0) is 17.8. The number of methoxy groups -OCH3 is 1. The van der Waals surface area contributed by atoms with Crippen molar-refractivity contribution in [2.45, 2.75) is 18.2 Å². The van der Waals surface area contributed by atoms with Crippen LogP contribution in [0.4, 0.5) is 5.13 Å². The topological polar surface area (TPSA) is 94.8 Å². The number of nitrogens with zero attached hydrogens (tertiary/aromatic N) is 5. The normalized spacial score (nSPS) is 10.7. The number of amides is 1. The Kier molecular flexibility index (Phi) is 5.29. The zero-order valence-corrected chi connectivity index (χ0v) is 15.5. The Morgan fingerprint density at radius 2 is 2.04 bits per heavy atom. The summed E-state index contributed by atoms with van der Waals surface area (Å²) in [5, 5.41) is 19.2. The van der Waals surface area contributed by atoms with Crippen LogP contribution in [0.1, 0.15) is 23.1 Å². The van der Waals surface area contributed by atoms with Gasteiger partial charge in [-0.05, 0) is 36.9 Å². The highest BCUT2D eigenvalue weighted by Crippen LogP contribution is 2.25. The van der Waals surface area contributed by atoms with Gasteiger partial charge in [0.1, 0.15) is 5.75 Å². The van der Waals surface area contributed by atoms with E-state index >= 15 is 0 Å². The third-order valence-corrected chi connectivity index (χ3v) is 5.18. The SMILES string of the molecule is CCSc1nnc(NC(=O)c2nnn(-c3ccc(OC)cc3)c2C)s1. The van der Waals surface area contributed by atoms with E-state index in [-0.39, 0.29) is 11.6 Å². The number of anilines is 1. The molecule has 2 heterocycles. The summed E-state index contributed by atoms with van der Waals surface area (Å²) in [4.78, 5) is 12.4. The van der Waals surface area contributed by atoms with E-state index in [4.69, 9.17) is 4.74 Å². The molecular formula is C15H16N6O2S2. The Labute approximate surface area is 152 Å². The van der Waals surface area contributed by atoms with Crippen molar-refractivity contribution in [3.05, 3.63) is 35.7 Å². The first kappa shape index (κ1) is 17.4. The molecule has 25 heavy (non-hydrogen) atoms. The molecule has 130 valence electrons. The number of benzene rings is 1. The summed E-state index contributed by atoms with van der Waals surface area (Å²) < 4.78 is 7.56. The molecule has 0 fully saturated rings. The van der Waals surface area contributed by atoms with Crippen LogP contribution in [-0.4, -0.2) is 44.0 Å². The molecule has 3 rings (SSSR count). The Morgan fingerprint density at radius 1 is 1.28 bits per heavy atom. The summed E-state index contributed by atoms with van der Waals surface area (Å²) in [5.41, 5.74) is 1.67. The van der Waals surface area contributed by atoms with Crippen molar-refractivity contribution in [1.82, 2.24) is 25.2 Å². The van der Waals surface area contributed by atoms with Crippen molar-refractivity contribution in [2.24, 2.45) is 0 Å². The van der Waals surface area contributed by atoms with E-state index in [2.05, 4.69) is 25.8 Å². The first-order valence-corrected chi connectivity index (χ1v) is 9.27. The van der Waals surface area contributed by atoms with Gasteiger partial charge in [-0.2, -0.15) is 0 Å². The van der Waals surface area contributed by atoms with E-state index in [0.717, 1.165) is 21.5 Å². The van der Waals surface area contributed by atoms with Crippen molar-refractivity contribution in [1.29, 1.82) is 0 Å². The summed E-state index contributed by atoms with van der Waals surface area (Å²) in [6.45, 7) is 3.82. The number of carbonyl (C=O) groups excluding carboxylic acids is 1. The molecule has 0 aliphatic carbocycles. The van der Waals surface area contributed by atoms with E-state index in [1.54, 1.807) is 30.5 Å². The third kappa shape index (κ3) is 3.80. The zero-order valence-electron chi connectivity index (χ0n) is 13.9. The molecule has 3 aromatic rings. The predicted octanol–water partition coefficient (Wildman–Crippen LogP) is 2.80. The summed E-state index contributed by atoms with van der Waals surface area (Å²) in [5.74, 6) is 1.29. The lowest BCUT2D eigenvalue weighted by molar-refractivity contribution is 0.102. The van der Waals surface area contributed by atoms with Gasteiger partial charge in [0.2, 0.25) is 5.13 Å². The number of hydrogen-bond donors (Lipinski definition) is 1. The largest absolute Gasteiger partial charge is 0.497 e. The maximum Gasteiger partial charge on any atom is 0.279 e. The Balaban J connectivity index is 1.78. The first-order valence-electron chi connectivity index (χ1n) is 7.46. The first-order chi connectivity index (χ1) is 12.1. The molecule has 0 saturated heterocycles. The molecule has 1 amide bonds. The average Bonchev–Trinajstić information content (AvgIpc) is 3.22. The molecule has 1 aromatic carbocycles. The second kappa shape index (κ2) is 7.62. The minimum Gasteiger partial charge on any atom is -0.497 e. The van der Waals surface area contributed by atoms with Gasteiger partial charge in [-0.3, -0.25) is 10.1 Å². The quantitative estimate of drug-likeness (QED) is 0.522. The van der Waals surface area contributed by atoms with Crippen LogP contribution >= 0.6 is 23.1 Å². The minimum atomic E-state index is -0.360. The molecule has 0 aliphatic heterocycles. The van der Waals surface area contributed by atoms with Crippen LogP contribution in [0.15, 0.2) is 28.6 Å². The number of carbonyl (C=O) groups is 1. The lowest BCUT2D eigenvalue weighted by Crippen LogP contribution is -2.14. The standard InChI is InChI=1S/C15H16N6O2S2/c1-4-24-15-19-18-14(25-15)16-13(22)12-9(2)21(20-17-12)10-5-7-11(23-3)8-6-10/h5-8H,4H2,1-3H3,(H,16,18,22). The fraction of sp³-hybridized carbons (Fsp3) is 0.267. The molecule has 0 saturated carbocycles. The van der Waals surface area contributed by atoms with Crippen LogP contribution in [0.25, 0.3) is 5.69 Å². The summed E-state index contributed by atoms with van der Waals surface area (Å²) >= 11 is 2.91. The molecule has 2 aromatic heterocycles. The Morgan fingerprint density at radius 3 is 2.72 bits per heavy atom. The number of aromatic nitrogens is 5. The molecule has 0 unspecified atom stereocenters. The highest BCUT2D eigenvalue weighted by molar-refractivity contribution is 8.01. The van der Waals surface area contributed by atoms with Crippen molar-refractivity contribution in [3.63, 3.8) is 0 Å². The van der Waals surface area contributed by atoms with Crippen LogP contribution in [0.2, 0.25) is 0 Å². The average molecular weight is 376 g/mol. The van der Waals surface area contributed by atoms with Gasteiger partial charge in [0, 0.05) is 0 Å². The predicted molar refractivity (Wildman–Crippen MR) is 96.9 cm³/mol. The lowest BCUT2D eigenvalue weighted by Gasteiger charge is -2.05. The summed E-state index contributed by atoms with van der Waals surface area (Å²) in [6, 6.07) is 7.34. The maximum absolute atomic E-state index is 12.4. The second-order valence-corrected chi connectivity index (χ2v) is 7.38. The number of rotatable bonds is 6. The highest BCUT2D eigenvalue weighted by Gasteiger charge is 2.19. The molecule has 10 heteroatoms. The van der Waals surface area contributed by atoms with E-state index in [9.17, 15) is 4.79 Å². The molecule has 0 aliphatic rings. The summed E-state index contributed by atoms with van der Waals surface area (Å²) in [7, 11) is 1.61. The van der Waals surface area contributed by atoms with Crippen LogP contribution < -0.4 is 10.1 Å². The number of ether oxygens (including phenoxy) is 1. The Bertz CT molecular complexity index is 875. The summed E-state index contributed by atoms with van der Waals surface area (Å²) in [6.07, 6.45) is 0. The monoisotopic (exact) mass is 376 g/mol. The number of hydrogen-bond acceptors (Lipinski definition) is 8. The molecule has 0 atom stereocenters. The van der Waals surface area contributed by atoms with E-state index in [0.29, 0.717) is 10.8 Å². The van der Waals surface area contributed by atoms with Crippen molar-refractivity contribution in [3.8, 4) is 11.4 Å². The van der Waals surface area contributed by atoms with Gasteiger partial charge in [0.05, 0.1) is 18.5 Å². The van der Waals surface area contributed by atoms with Crippen molar-refractivity contribution < 1.29 is 9.53 Å².